The van der Waals surface area contributed by atoms with Crippen molar-refractivity contribution in [2.75, 3.05) is 5.73 Å². The topological polar surface area (TPSA) is 51.8 Å². The Balaban J connectivity index is 2.26. The minimum Gasteiger partial charge on any atom is -0.382 e. The van der Waals surface area contributed by atoms with Gasteiger partial charge in [-0.3, -0.25) is 4.98 Å². The Hall–Kier alpha value is -1.90. The molecule has 0 saturated carbocycles. The van der Waals surface area contributed by atoms with Gasteiger partial charge in [0.05, 0.1) is 18.1 Å². The molecule has 0 fully saturated rings. The molecule has 17 heavy (non-hydrogen) atoms. The van der Waals surface area contributed by atoms with Crippen LogP contribution in [0.1, 0.15) is 31.7 Å². The third kappa shape index (κ3) is 2.61. The molecule has 2 N–H and O–H groups in total. The molecule has 0 amide bonds. The second-order valence-electron chi connectivity index (χ2n) is 4.26. The zero-order valence-corrected chi connectivity index (χ0v) is 10.2. The third-order valence-electron chi connectivity index (χ3n) is 3.06. The standard InChI is InChI=1S/C14H17N3/c1-3-10(2)11-4-6-12(7-5-11)13-8-17-14(15)9-16-13/h4-10H,3H2,1-2H3,(H2,15,17). The van der Waals surface area contributed by atoms with Crippen LogP contribution in [0.25, 0.3) is 11.3 Å². The van der Waals surface area contributed by atoms with Crippen LogP contribution in [0.15, 0.2) is 36.7 Å². The normalized spacial score (nSPS) is 12.4. The molecule has 0 spiro atoms. The van der Waals surface area contributed by atoms with Crippen LogP contribution in [0.4, 0.5) is 5.82 Å². The Bertz CT molecular complexity index is 474. The van der Waals surface area contributed by atoms with E-state index in [1.165, 1.54) is 5.56 Å². The molecule has 1 unspecified atom stereocenters. The van der Waals surface area contributed by atoms with Gasteiger partial charge in [0, 0.05) is 5.56 Å². The number of benzene rings is 1. The monoisotopic (exact) mass is 227 g/mol. The minimum atomic E-state index is 0.449. The average Bonchev–Trinajstić information content (AvgIpc) is 2.39. The molecule has 1 aromatic carbocycles. The van der Waals surface area contributed by atoms with Crippen molar-refractivity contribution in [3.05, 3.63) is 42.2 Å². The number of rotatable bonds is 3. The number of hydrogen-bond acceptors (Lipinski definition) is 3. The zero-order chi connectivity index (χ0) is 12.3. The van der Waals surface area contributed by atoms with Crippen molar-refractivity contribution in [1.82, 2.24) is 9.97 Å². The first-order valence-electron chi connectivity index (χ1n) is 5.88. The van der Waals surface area contributed by atoms with Crippen molar-refractivity contribution in [2.45, 2.75) is 26.2 Å². The van der Waals surface area contributed by atoms with Crippen LogP contribution in [0, 0.1) is 0 Å². The highest BCUT2D eigenvalue weighted by Crippen LogP contribution is 2.22. The molecule has 0 aliphatic rings. The fourth-order valence-electron chi connectivity index (χ4n) is 1.71. The molecule has 0 radical (unpaired) electrons. The first kappa shape index (κ1) is 11.6. The van der Waals surface area contributed by atoms with Crippen LogP contribution in [0.5, 0.6) is 0 Å². The van der Waals surface area contributed by atoms with Gasteiger partial charge in [-0.15, -0.1) is 0 Å². The highest BCUT2D eigenvalue weighted by molar-refractivity contribution is 5.59. The predicted molar refractivity (Wildman–Crippen MR) is 70.6 cm³/mol. The summed E-state index contributed by atoms with van der Waals surface area (Å²) in [4.78, 5) is 8.30. The highest BCUT2D eigenvalue weighted by atomic mass is 14.9. The van der Waals surface area contributed by atoms with Gasteiger partial charge in [0.2, 0.25) is 0 Å². The van der Waals surface area contributed by atoms with Gasteiger partial charge in [-0.05, 0) is 17.9 Å². The summed E-state index contributed by atoms with van der Waals surface area (Å²) in [7, 11) is 0. The zero-order valence-electron chi connectivity index (χ0n) is 10.2. The summed E-state index contributed by atoms with van der Waals surface area (Å²) in [6.45, 7) is 4.43. The van der Waals surface area contributed by atoms with E-state index in [0.29, 0.717) is 11.7 Å². The molecule has 2 aromatic rings. The third-order valence-corrected chi connectivity index (χ3v) is 3.06. The van der Waals surface area contributed by atoms with Gasteiger partial charge in [-0.2, -0.15) is 0 Å². The smallest absolute Gasteiger partial charge is 0.141 e. The van der Waals surface area contributed by atoms with Crippen molar-refractivity contribution < 1.29 is 0 Å². The maximum Gasteiger partial charge on any atom is 0.141 e. The van der Waals surface area contributed by atoms with Crippen molar-refractivity contribution in [3.8, 4) is 11.3 Å². The Labute approximate surface area is 102 Å². The van der Waals surface area contributed by atoms with E-state index in [9.17, 15) is 0 Å². The summed E-state index contributed by atoms with van der Waals surface area (Å²) in [5.41, 5.74) is 8.80. The van der Waals surface area contributed by atoms with Gasteiger partial charge >= 0.3 is 0 Å². The molecular formula is C14H17N3. The second-order valence-corrected chi connectivity index (χ2v) is 4.26. The number of nitrogens with zero attached hydrogens (tertiary/aromatic N) is 2. The van der Waals surface area contributed by atoms with Crippen LogP contribution in [-0.4, -0.2) is 9.97 Å². The maximum absolute atomic E-state index is 5.51. The molecule has 1 atom stereocenters. The van der Waals surface area contributed by atoms with Gasteiger partial charge in [-0.1, -0.05) is 38.1 Å². The molecule has 0 aliphatic carbocycles. The van der Waals surface area contributed by atoms with Gasteiger partial charge in [-0.25, -0.2) is 4.98 Å². The van der Waals surface area contributed by atoms with Crippen molar-refractivity contribution in [2.24, 2.45) is 0 Å². The Morgan fingerprint density at radius 2 is 1.82 bits per heavy atom. The summed E-state index contributed by atoms with van der Waals surface area (Å²) >= 11 is 0. The molecule has 88 valence electrons. The summed E-state index contributed by atoms with van der Waals surface area (Å²) in [5, 5.41) is 0. The van der Waals surface area contributed by atoms with Crippen LogP contribution in [-0.2, 0) is 0 Å². The summed E-state index contributed by atoms with van der Waals surface area (Å²) < 4.78 is 0. The first-order valence-corrected chi connectivity index (χ1v) is 5.88. The molecule has 0 saturated heterocycles. The van der Waals surface area contributed by atoms with Crippen LogP contribution in [0.2, 0.25) is 0 Å². The first-order chi connectivity index (χ1) is 8.20. The average molecular weight is 227 g/mol. The summed E-state index contributed by atoms with van der Waals surface area (Å²) in [6.07, 6.45) is 4.44. The molecule has 1 aromatic heterocycles. The Morgan fingerprint density at radius 3 is 2.35 bits per heavy atom. The lowest BCUT2D eigenvalue weighted by Crippen LogP contribution is -1.94. The van der Waals surface area contributed by atoms with E-state index in [1.807, 2.05) is 0 Å². The quantitative estimate of drug-likeness (QED) is 0.875. The summed E-state index contributed by atoms with van der Waals surface area (Å²) in [5.74, 6) is 1.05. The largest absolute Gasteiger partial charge is 0.382 e. The van der Waals surface area contributed by atoms with E-state index in [-0.39, 0.29) is 0 Å². The van der Waals surface area contributed by atoms with Crippen molar-refractivity contribution in [3.63, 3.8) is 0 Å². The lowest BCUT2D eigenvalue weighted by atomic mass is 9.97. The van der Waals surface area contributed by atoms with E-state index in [2.05, 4.69) is 48.1 Å². The number of anilines is 1. The van der Waals surface area contributed by atoms with Crippen LogP contribution >= 0.6 is 0 Å². The minimum absolute atomic E-state index is 0.449. The fourth-order valence-corrected chi connectivity index (χ4v) is 1.71. The van der Waals surface area contributed by atoms with Crippen molar-refractivity contribution >= 4 is 5.82 Å². The number of hydrogen-bond donors (Lipinski definition) is 1. The van der Waals surface area contributed by atoms with Gasteiger partial charge in [0.15, 0.2) is 0 Å². The molecule has 0 aliphatic heterocycles. The van der Waals surface area contributed by atoms with E-state index in [1.54, 1.807) is 12.4 Å². The number of nitrogen functional groups attached to an aromatic ring is 1. The van der Waals surface area contributed by atoms with Gasteiger partial charge in [0.25, 0.3) is 0 Å². The molecule has 1 heterocycles. The fraction of sp³-hybridized carbons (Fsp3) is 0.286. The molecule has 3 nitrogen and oxygen atoms in total. The van der Waals surface area contributed by atoms with Crippen molar-refractivity contribution in [1.29, 1.82) is 0 Å². The SMILES string of the molecule is CCC(C)c1ccc(-c2cnc(N)cn2)cc1. The molecule has 3 heteroatoms. The maximum atomic E-state index is 5.51. The van der Waals surface area contributed by atoms with Gasteiger partial charge in [0.1, 0.15) is 5.82 Å². The van der Waals surface area contributed by atoms with Gasteiger partial charge < -0.3 is 5.73 Å². The molecule has 2 rings (SSSR count). The molecular weight excluding hydrogens is 210 g/mol. The predicted octanol–water partition coefficient (Wildman–Crippen LogP) is 3.24. The number of nitrogens with two attached hydrogens (primary N) is 1. The van der Waals surface area contributed by atoms with E-state index < -0.39 is 0 Å². The summed E-state index contributed by atoms with van der Waals surface area (Å²) in [6, 6.07) is 8.48. The van der Waals surface area contributed by atoms with Crippen LogP contribution < -0.4 is 5.73 Å². The second kappa shape index (κ2) is 4.95. The molecule has 0 bridgehead atoms. The lowest BCUT2D eigenvalue weighted by molar-refractivity contribution is 0.734. The number of aromatic nitrogens is 2. The van der Waals surface area contributed by atoms with E-state index in [0.717, 1.165) is 17.7 Å². The Kier molecular flexibility index (Phi) is 3.38. The highest BCUT2D eigenvalue weighted by Gasteiger charge is 2.04. The lowest BCUT2D eigenvalue weighted by Gasteiger charge is -2.09. The van der Waals surface area contributed by atoms with E-state index in [4.69, 9.17) is 5.73 Å². The van der Waals surface area contributed by atoms with Crippen LogP contribution in [0.3, 0.4) is 0 Å². The Morgan fingerprint density at radius 1 is 1.12 bits per heavy atom. The van der Waals surface area contributed by atoms with E-state index >= 15 is 0 Å².